The number of halogens is 1. The van der Waals surface area contributed by atoms with Crippen molar-refractivity contribution < 1.29 is 18.7 Å². The lowest BCUT2D eigenvalue weighted by molar-refractivity contribution is 0.146. The summed E-state index contributed by atoms with van der Waals surface area (Å²) in [7, 11) is 1.56. The SMILES string of the molecule is C=C(Nc1ccc(NC(=O)NCCC2(C#N)CC2)cc1)c1c(F)cc(OCCOC)cc1N=CC. The topological polar surface area (TPSA) is 108 Å². The summed E-state index contributed by atoms with van der Waals surface area (Å²) in [6, 6.07) is 11.9. The summed E-state index contributed by atoms with van der Waals surface area (Å²) in [6.45, 7) is 6.85. The van der Waals surface area contributed by atoms with Crippen LogP contribution in [-0.4, -0.2) is 39.1 Å². The first-order valence-electron chi connectivity index (χ1n) is 11.4. The third kappa shape index (κ3) is 7.29. The average molecular weight is 480 g/mol. The van der Waals surface area contributed by atoms with E-state index in [1.54, 1.807) is 50.6 Å². The Hall–Kier alpha value is -3.90. The summed E-state index contributed by atoms with van der Waals surface area (Å²) in [6.07, 6.45) is 4.02. The van der Waals surface area contributed by atoms with Gasteiger partial charge in [0.1, 0.15) is 18.2 Å². The Labute approximate surface area is 204 Å². The number of aliphatic imine (C=N–C) groups is 1. The quantitative estimate of drug-likeness (QED) is 0.276. The Balaban J connectivity index is 1.59. The Morgan fingerprint density at radius 3 is 2.51 bits per heavy atom. The van der Waals surface area contributed by atoms with Crippen LogP contribution in [0.25, 0.3) is 5.70 Å². The minimum absolute atomic E-state index is 0.231. The van der Waals surface area contributed by atoms with E-state index in [1.807, 2.05) is 0 Å². The van der Waals surface area contributed by atoms with Gasteiger partial charge in [0.15, 0.2) is 0 Å². The third-order valence-electron chi connectivity index (χ3n) is 5.59. The van der Waals surface area contributed by atoms with Gasteiger partial charge in [-0.15, -0.1) is 0 Å². The number of rotatable bonds is 12. The molecule has 35 heavy (non-hydrogen) atoms. The van der Waals surface area contributed by atoms with Gasteiger partial charge in [0, 0.05) is 49.1 Å². The lowest BCUT2D eigenvalue weighted by atomic mass is 10.1. The van der Waals surface area contributed by atoms with Gasteiger partial charge in [0.2, 0.25) is 0 Å². The Kier molecular flexibility index (Phi) is 8.81. The number of ether oxygens (including phenoxy) is 2. The summed E-state index contributed by atoms with van der Waals surface area (Å²) >= 11 is 0. The lowest BCUT2D eigenvalue weighted by Gasteiger charge is -2.15. The van der Waals surface area contributed by atoms with Crippen molar-refractivity contribution in [3.63, 3.8) is 0 Å². The molecule has 0 radical (unpaired) electrons. The van der Waals surface area contributed by atoms with Gasteiger partial charge in [-0.2, -0.15) is 5.26 Å². The highest BCUT2D eigenvalue weighted by Crippen LogP contribution is 2.47. The fraction of sp³-hybridized carbons (Fsp3) is 0.346. The molecule has 8 nitrogen and oxygen atoms in total. The first kappa shape index (κ1) is 25.7. The van der Waals surface area contributed by atoms with Crippen molar-refractivity contribution in [3.8, 4) is 11.8 Å². The smallest absolute Gasteiger partial charge is 0.319 e. The number of carbonyl (C=O) groups is 1. The summed E-state index contributed by atoms with van der Waals surface area (Å²) in [5, 5.41) is 17.7. The van der Waals surface area contributed by atoms with Crippen molar-refractivity contribution in [3.05, 3.63) is 54.4 Å². The van der Waals surface area contributed by atoms with E-state index in [2.05, 4.69) is 33.6 Å². The second-order valence-corrected chi connectivity index (χ2v) is 8.23. The molecule has 0 aliphatic heterocycles. The maximum Gasteiger partial charge on any atom is 0.319 e. The van der Waals surface area contributed by atoms with E-state index in [-0.39, 0.29) is 17.0 Å². The molecule has 0 saturated heterocycles. The molecule has 3 rings (SSSR count). The minimum Gasteiger partial charge on any atom is -0.491 e. The highest BCUT2D eigenvalue weighted by atomic mass is 19.1. The van der Waals surface area contributed by atoms with E-state index < -0.39 is 5.82 Å². The van der Waals surface area contributed by atoms with E-state index in [0.717, 1.165) is 12.8 Å². The van der Waals surface area contributed by atoms with Gasteiger partial charge in [-0.05, 0) is 50.5 Å². The van der Waals surface area contributed by atoms with E-state index in [1.165, 1.54) is 6.07 Å². The molecule has 0 atom stereocenters. The number of urea groups is 1. The highest BCUT2D eigenvalue weighted by molar-refractivity contribution is 5.90. The number of hydrogen-bond acceptors (Lipinski definition) is 6. The molecule has 2 amide bonds. The Morgan fingerprint density at radius 2 is 1.91 bits per heavy atom. The van der Waals surface area contributed by atoms with Crippen LogP contribution < -0.4 is 20.7 Å². The van der Waals surface area contributed by atoms with Crippen molar-refractivity contribution in [1.82, 2.24) is 5.32 Å². The van der Waals surface area contributed by atoms with E-state index >= 15 is 0 Å². The van der Waals surface area contributed by atoms with Crippen LogP contribution in [0.4, 0.5) is 26.2 Å². The van der Waals surface area contributed by atoms with Gasteiger partial charge in [-0.1, -0.05) is 6.58 Å². The van der Waals surface area contributed by atoms with Crippen LogP contribution in [0.3, 0.4) is 0 Å². The van der Waals surface area contributed by atoms with Crippen molar-refractivity contribution in [1.29, 1.82) is 5.26 Å². The van der Waals surface area contributed by atoms with Gasteiger partial charge < -0.3 is 25.4 Å². The maximum absolute atomic E-state index is 14.9. The molecule has 1 aliphatic carbocycles. The van der Waals surface area contributed by atoms with Crippen LogP contribution in [0.2, 0.25) is 0 Å². The molecule has 2 aromatic carbocycles. The standard InChI is InChI=1S/C26H30FN5O3/c1-4-29-23-16-21(35-14-13-34-3)15-22(27)24(23)18(2)31-19-5-7-20(8-6-19)32-25(33)30-12-11-26(17-28)9-10-26/h4-8,15-16,31H,2,9-14H2,1,3H3,(H2,30,32,33). The number of anilines is 2. The van der Waals surface area contributed by atoms with Crippen molar-refractivity contribution in [2.75, 3.05) is 37.5 Å². The fourth-order valence-electron chi connectivity index (χ4n) is 3.47. The number of nitriles is 1. The summed E-state index contributed by atoms with van der Waals surface area (Å²) in [4.78, 5) is 16.4. The molecule has 2 aromatic rings. The number of amides is 2. The van der Waals surface area contributed by atoms with Gasteiger partial charge in [-0.25, -0.2) is 9.18 Å². The number of hydrogen-bond donors (Lipinski definition) is 3. The minimum atomic E-state index is -0.516. The van der Waals surface area contributed by atoms with Crippen LogP contribution in [0.5, 0.6) is 5.75 Å². The highest BCUT2D eigenvalue weighted by Gasteiger charge is 2.42. The second-order valence-electron chi connectivity index (χ2n) is 8.23. The van der Waals surface area contributed by atoms with Crippen molar-refractivity contribution in [2.24, 2.45) is 10.4 Å². The van der Waals surface area contributed by atoms with Crippen molar-refractivity contribution in [2.45, 2.75) is 26.2 Å². The van der Waals surface area contributed by atoms with Gasteiger partial charge in [0.25, 0.3) is 0 Å². The normalized spacial score (nSPS) is 13.7. The predicted molar refractivity (Wildman–Crippen MR) is 136 cm³/mol. The largest absolute Gasteiger partial charge is 0.491 e. The van der Waals surface area contributed by atoms with Crippen LogP contribution >= 0.6 is 0 Å². The van der Waals surface area contributed by atoms with E-state index in [4.69, 9.17) is 14.7 Å². The number of carbonyl (C=O) groups excluding carboxylic acids is 1. The molecule has 0 aromatic heterocycles. The fourth-order valence-corrected chi connectivity index (χ4v) is 3.47. The second kappa shape index (κ2) is 12.0. The monoisotopic (exact) mass is 479 g/mol. The molecule has 1 saturated carbocycles. The number of nitrogens with zero attached hydrogens (tertiary/aromatic N) is 2. The molecular formula is C26H30FN5O3. The van der Waals surface area contributed by atoms with Crippen LogP contribution in [0, 0.1) is 22.6 Å². The molecule has 0 bridgehead atoms. The number of methoxy groups -OCH3 is 1. The van der Waals surface area contributed by atoms with Crippen LogP contribution in [-0.2, 0) is 4.74 Å². The molecule has 1 aliphatic rings. The van der Waals surface area contributed by atoms with Crippen LogP contribution in [0.15, 0.2) is 48.0 Å². The molecular weight excluding hydrogens is 449 g/mol. The van der Waals surface area contributed by atoms with Gasteiger partial charge in [0.05, 0.1) is 29.3 Å². The zero-order valence-electron chi connectivity index (χ0n) is 20.0. The molecule has 0 unspecified atom stereocenters. The average Bonchev–Trinajstić information content (AvgIpc) is 3.61. The Morgan fingerprint density at radius 1 is 1.23 bits per heavy atom. The molecule has 184 valence electrons. The molecule has 1 fully saturated rings. The zero-order chi connectivity index (χ0) is 25.3. The summed E-state index contributed by atoms with van der Waals surface area (Å²) < 4.78 is 25.4. The maximum atomic E-state index is 14.9. The number of nitrogens with one attached hydrogen (secondary N) is 3. The van der Waals surface area contributed by atoms with E-state index in [0.29, 0.717) is 54.7 Å². The summed E-state index contributed by atoms with van der Waals surface area (Å²) in [5.41, 5.74) is 1.96. The van der Waals surface area contributed by atoms with Gasteiger partial charge >= 0.3 is 6.03 Å². The van der Waals surface area contributed by atoms with Crippen LogP contribution in [0.1, 0.15) is 31.7 Å². The third-order valence-corrected chi connectivity index (χ3v) is 5.59. The first-order valence-corrected chi connectivity index (χ1v) is 11.4. The predicted octanol–water partition coefficient (Wildman–Crippen LogP) is 5.47. The first-order chi connectivity index (χ1) is 16.9. The Bertz CT molecular complexity index is 1120. The molecule has 9 heteroatoms. The lowest BCUT2D eigenvalue weighted by Crippen LogP contribution is -2.30. The molecule has 3 N–H and O–H groups in total. The zero-order valence-corrected chi connectivity index (χ0v) is 20.0. The van der Waals surface area contributed by atoms with Crippen molar-refractivity contribution >= 4 is 35.0 Å². The molecule has 0 spiro atoms. The van der Waals surface area contributed by atoms with E-state index in [9.17, 15) is 9.18 Å². The molecule has 0 heterocycles. The van der Waals surface area contributed by atoms with Gasteiger partial charge in [-0.3, -0.25) is 4.99 Å². The number of benzene rings is 2. The summed E-state index contributed by atoms with van der Waals surface area (Å²) in [5.74, 6) is -0.164.